The quantitative estimate of drug-likeness (QED) is 0.543. The second-order valence-electron chi connectivity index (χ2n) is 7.02. The number of anilines is 1. The predicted molar refractivity (Wildman–Crippen MR) is 109 cm³/mol. The van der Waals surface area contributed by atoms with Crippen molar-refractivity contribution in [2.45, 2.75) is 26.2 Å². The molecule has 3 aromatic heterocycles. The molecule has 0 saturated carbocycles. The smallest absolute Gasteiger partial charge is 0.286 e. The summed E-state index contributed by atoms with van der Waals surface area (Å²) in [6, 6.07) is 8.27. The highest BCUT2D eigenvalue weighted by molar-refractivity contribution is 7.12. The number of benzene rings is 1. The summed E-state index contributed by atoms with van der Waals surface area (Å²) in [7, 11) is 0. The topological polar surface area (TPSA) is 104 Å². The number of rotatable bonds is 5. The molecule has 4 aromatic rings. The van der Waals surface area contributed by atoms with Crippen LogP contribution in [0, 0.1) is 5.92 Å². The van der Waals surface area contributed by atoms with Crippen molar-refractivity contribution in [1.29, 1.82) is 0 Å². The Morgan fingerprint density at radius 1 is 1.04 bits per heavy atom. The van der Waals surface area contributed by atoms with Gasteiger partial charge in [0.25, 0.3) is 5.89 Å². The van der Waals surface area contributed by atoms with Crippen LogP contribution in [0.4, 0.5) is 5.95 Å². The highest BCUT2D eigenvalue weighted by atomic mass is 32.1. The maximum atomic E-state index is 5.57. The van der Waals surface area contributed by atoms with Crippen LogP contribution in [0.2, 0.25) is 0 Å². The average Bonchev–Trinajstić information content (AvgIpc) is 3.40. The van der Waals surface area contributed by atoms with Crippen LogP contribution in [0.15, 0.2) is 52.8 Å². The van der Waals surface area contributed by atoms with Gasteiger partial charge in [-0.2, -0.15) is 4.98 Å². The van der Waals surface area contributed by atoms with Crippen molar-refractivity contribution >= 4 is 17.3 Å². The van der Waals surface area contributed by atoms with Gasteiger partial charge >= 0.3 is 0 Å². The molecule has 4 rings (SSSR count). The molecular formula is C20H20N6OS. The molecule has 1 atom stereocenters. The Balaban J connectivity index is 1.70. The first kappa shape index (κ1) is 18.2. The van der Waals surface area contributed by atoms with Gasteiger partial charge in [0.1, 0.15) is 0 Å². The normalized spacial score (nSPS) is 13.6. The van der Waals surface area contributed by atoms with E-state index in [4.69, 9.17) is 10.3 Å². The van der Waals surface area contributed by atoms with Crippen LogP contribution in [0.1, 0.15) is 32.2 Å². The summed E-state index contributed by atoms with van der Waals surface area (Å²) in [6.45, 7) is 6.44. The number of hydrogen-bond acceptors (Lipinski definition) is 8. The number of aromatic nitrogens is 5. The van der Waals surface area contributed by atoms with Gasteiger partial charge < -0.3 is 10.3 Å². The predicted octanol–water partition coefficient (Wildman–Crippen LogP) is 4.19. The molecule has 0 radical (unpaired) electrons. The lowest BCUT2D eigenvalue weighted by molar-refractivity contribution is 0.351. The average molecular weight is 392 g/mol. The van der Waals surface area contributed by atoms with Crippen molar-refractivity contribution in [3.05, 3.63) is 59.6 Å². The fraction of sp³-hybridized carbons (Fsp3) is 0.250. The van der Waals surface area contributed by atoms with E-state index < -0.39 is 5.41 Å². The number of nitrogens with two attached hydrogens (primary N) is 1. The molecule has 1 aromatic carbocycles. The summed E-state index contributed by atoms with van der Waals surface area (Å²) in [6.07, 6.45) is 5.17. The third-order valence-corrected chi connectivity index (χ3v) is 5.91. The molecule has 1 unspecified atom stereocenters. The Labute approximate surface area is 166 Å². The van der Waals surface area contributed by atoms with E-state index in [1.165, 1.54) is 11.3 Å². The van der Waals surface area contributed by atoms with Crippen LogP contribution < -0.4 is 5.73 Å². The van der Waals surface area contributed by atoms with Gasteiger partial charge in [-0.3, -0.25) is 0 Å². The molecule has 0 aliphatic rings. The number of thiazole rings is 1. The third-order valence-electron chi connectivity index (χ3n) is 5.15. The lowest BCUT2D eigenvalue weighted by Crippen LogP contribution is -2.31. The van der Waals surface area contributed by atoms with E-state index in [0.717, 1.165) is 21.7 Å². The molecule has 3 heterocycles. The van der Waals surface area contributed by atoms with E-state index in [2.05, 4.69) is 58.0 Å². The molecule has 0 aliphatic heterocycles. The fourth-order valence-corrected chi connectivity index (χ4v) is 3.62. The SMILES string of the molecule is CC(C)C(C)(c1ccc(-c2cnc(N)nc2)cc1)c1noc(-c2nccs2)n1. The van der Waals surface area contributed by atoms with Crippen LogP contribution in [-0.2, 0) is 5.41 Å². The molecule has 2 N–H and O–H groups in total. The molecule has 0 aliphatic carbocycles. The number of nitrogen functional groups attached to an aromatic ring is 1. The highest BCUT2D eigenvalue weighted by Gasteiger charge is 2.37. The first-order valence-electron chi connectivity index (χ1n) is 8.91. The van der Waals surface area contributed by atoms with Crippen molar-refractivity contribution in [2.24, 2.45) is 5.92 Å². The summed E-state index contributed by atoms with van der Waals surface area (Å²) in [5, 5.41) is 6.89. The third kappa shape index (κ3) is 3.16. The highest BCUT2D eigenvalue weighted by Crippen LogP contribution is 2.39. The largest absolute Gasteiger partial charge is 0.368 e. The number of hydrogen-bond donors (Lipinski definition) is 1. The van der Waals surface area contributed by atoms with Crippen LogP contribution in [-0.4, -0.2) is 25.1 Å². The monoisotopic (exact) mass is 392 g/mol. The van der Waals surface area contributed by atoms with Crippen LogP contribution in [0.3, 0.4) is 0 Å². The Kier molecular flexibility index (Phi) is 4.64. The summed E-state index contributed by atoms with van der Waals surface area (Å²) in [5.41, 5.74) is 8.20. The maximum absolute atomic E-state index is 5.57. The van der Waals surface area contributed by atoms with Crippen LogP contribution in [0.5, 0.6) is 0 Å². The van der Waals surface area contributed by atoms with Crippen molar-refractivity contribution in [3.63, 3.8) is 0 Å². The molecule has 142 valence electrons. The van der Waals surface area contributed by atoms with E-state index in [0.29, 0.717) is 11.7 Å². The summed E-state index contributed by atoms with van der Waals surface area (Å²) < 4.78 is 5.49. The molecule has 28 heavy (non-hydrogen) atoms. The Hall–Kier alpha value is -3.13. The van der Waals surface area contributed by atoms with Gasteiger partial charge in [0.15, 0.2) is 10.8 Å². The van der Waals surface area contributed by atoms with Gasteiger partial charge in [-0.1, -0.05) is 43.3 Å². The minimum absolute atomic E-state index is 0.250. The van der Waals surface area contributed by atoms with E-state index in [1.54, 1.807) is 18.6 Å². The molecule has 0 amide bonds. The summed E-state index contributed by atoms with van der Waals surface area (Å²) in [4.78, 5) is 17.0. The van der Waals surface area contributed by atoms with Gasteiger partial charge in [0.05, 0.1) is 5.41 Å². The Morgan fingerprint density at radius 3 is 2.36 bits per heavy atom. The summed E-state index contributed by atoms with van der Waals surface area (Å²) in [5.74, 6) is 1.62. The van der Waals surface area contributed by atoms with Crippen LogP contribution in [0.25, 0.3) is 22.0 Å². The second kappa shape index (κ2) is 7.12. The van der Waals surface area contributed by atoms with Gasteiger partial charge in [-0.15, -0.1) is 11.3 Å². The van der Waals surface area contributed by atoms with Gasteiger partial charge in [0.2, 0.25) is 5.95 Å². The molecule has 8 heteroatoms. The van der Waals surface area contributed by atoms with Crippen LogP contribution >= 0.6 is 11.3 Å². The minimum Gasteiger partial charge on any atom is -0.368 e. The zero-order valence-corrected chi connectivity index (χ0v) is 16.6. The zero-order chi connectivity index (χ0) is 19.7. The standard InChI is InChI=1S/C20H20N6OS/c1-12(2)20(3,18-25-16(27-26-18)17-22-8-9-28-17)15-6-4-13(5-7-15)14-10-23-19(21)24-11-14/h4-12H,1-3H3,(H2,21,23,24). The van der Waals surface area contributed by atoms with E-state index in [1.807, 2.05) is 17.5 Å². The molecule has 0 saturated heterocycles. The Bertz CT molecular complexity index is 1060. The first-order valence-corrected chi connectivity index (χ1v) is 9.79. The van der Waals surface area contributed by atoms with Gasteiger partial charge in [0, 0.05) is 29.5 Å². The maximum Gasteiger partial charge on any atom is 0.286 e. The molecule has 0 bridgehead atoms. The van der Waals surface area contributed by atoms with E-state index in [9.17, 15) is 0 Å². The van der Waals surface area contributed by atoms with Gasteiger partial charge in [-0.05, 0) is 24.0 Å². The van der Waals surface area contributed by atoms with Crippen molar-refractivity contribution in [2.75, 3.05) is 5.73 Å². The van der Waals surface area contributed by atoms with Crippen molar-refractivity contribution in [1.82, 2.24) is 25.1 Å². The molecule has 7 nitrogen and oxygen atoms in total. The van der Waals surface area contributed by atoms with Crippen molar-refractivity contribution in [3.8, 4) is 22.0 Å². The molecular weight excluding hydrogens is 372 g/mol. The lowest BCUT2D eigenvalue weighted by atomic mass is 9.72. The van der Waals surface area contributed by atoms with Gasteiger partial charge in [-0.25, -0.2) is 15.0 Å². The van der Waals surface area contributed by atoms with E-state index in [-0.39, 0.29) is 11.9 Å². The van der Waals surface area contributed by atoms with Crippen molar-refractivity contribution < 1.29 is 4.52 Å². The molecule has 0 spiro atoms. The first-order chi connectivity index (χ1) is 13.5. The fourth-order valence-electron chi connectivity index (χ4n) is 3.07. The lowest BCUT2D eigenvalue weighted by Gasteiger charge is -2.31. The second-order valence-corrected chi connectivity index (χ2v) is 7.92. The molecule has 0 fully saturated rings. The number of nitrogens with zero attached hydrogens (tertiary/aromatic N) is 5. The Morgan fingerprint density at radius 2 is 1.75 bits per heavy atom. The van der Waals surface area contributed by atoms with E-state index >= 15 is 0 Å². The summed E-state index contributed by atoms with van der Waals surface area (Å²) >= 11 is 1.48. The minimum atomic E-state index is -0.408. The zero-order valence-electron chi connectivity index (χ0n) is 15.8.